The summed E-state index contributed by atoms with van der Waals surface area (Å²) in [6.45, 7) is 2.93. The summed E-state index contributed by atoms with van der Waals surface area (Å²) in [5.41, 5.74) is 0. The molecule has 1 saturated carbocycles. The quantitative estimate of drug-likeness (QED) is 0.0122. The molecule has 394 valence electrons. The molecule has 0 aliphatic heterocycles. The van der Waals surface area contributed by atoms with Crippen molar-refractivity contribution in [1.82, 2.24) is 0 Å². The highest BCUT2D eigenvalue weighted by molar-refractivity contribution is 7.47. The molecule has 19 nitrogen and oxygen atoms in total. The number of rotatable bonds is 42. The van der Waals surface area contributed by atoms with Crippen molar-refractivity contribution in [1.29, 1.82) is 0 Å². The van der Waals surface area contributed by atoms with E-state index in [0.717, 1.165) is 77.0 Å². The van der Waals surface area contributed by atoms with E-state index < -0.39 is 91.3 Å². The molecule has 8 N–H and O–H groups in total. The maximum absolute atomic E-state index is 13.1. The lowest BCUT2D eigenvalue weighted by molar-refractivity contribution is -0.213. The Bertz CT molecular complexity index is 1500. The first-order valence-electron chi connectivity index (χ1n) is 24.6. The van der Waals surface area contributed by atoms with E-state index in [9.17, 15) is 63.1 Å². The number of aliphatic hydroxyl groups is 3. The Hall–Kier alpha value is -1.37. The topological polar surface area (TPSA) is 303 Å². The van der Waals surface area contributed by atoms with E-state index in [1.165, 1.54) is 77.0 Å². The van der Waals surface area contributed by atoms with Crippen LogP contribution < -0.4 is 0 Å². The highest BCUT2D eigenvalue weighted by Gasteiger charge is 2.56. The van der Waals surface area contributed by atoms with Gasteiger partial charge in [-0.3, -0.25) is 27.7 Å². The van der Waals surface area contributed by atoms with Crippen LogP contribution in [0, 0.1) is 0 Å². The summed E-state index contributed by atoms with van der Waals surface area (Å²) in [4.78, 5) is 73.2. The van der Waals surface area contributed by atoms with Gasteiger partial charge in [0.1, 0.15) is 43.2 Å². The number of hydrogen-bond acceptors (Lipinski definition) is 14. The summed E-state index contributed by atoms with van der Waals surface area (Å²) in [6.07, 6.45) is 20.5. The van der Waals surface area contributed by atoms with Gasteiger partial charge in [-0.2, -0.15) is 0 Å². The number of hydrogen-bond donors (Lipinski definition) is 8. The first-order chi connectivity index (χ1) is 31.8. The van der Waals surface area contributed by atoms with E-state index in [2.05, 4.69) is 47.2 Å². The van der Waals surface area contributed by atoms with E-state index in [4.69, 9.17) is 18.5 Å². The normalized spacial score (nSPS) is 21.8. The van der Waals surface area contributed by atoms with Gasteiger partial charge in [0.15, 0.2) is 6.10 Å². The van der Waals surface area contributed by atoms with Crippen LogP contribution in [-0.2, 0) is 50.9 Å². The van der Waals surface area contributed by atoms with Crippen molar-refractivity contribution < 1.29 is 90.6 Å². The van der Waals surface area contributed by atoms with Gasteiger partial charge >= 0.3 is 35.4 Å². The Labute approximate surface area is 398 Å². The summed E-state index contributed by atoms with van der Waals surface area (Å²) >= 11 is 0. The summed E-state index contributed by atoms with van der Waals surface area (Å²) in [7, 11) is -16.6. The average Bonchev–Trinajstić information content (AvgIpc) is 3.25. The van der Waals surface area contributed by atoms with Crippen molar-refractivity contribution >= 4 is 35.4 Å². The van der Waals surface area contributed by atoms with Crippen molar-refractivity contribution in [2.24, 2.45) is 0 Å². The van der Waals surface area contributed by atoms with Gasteiger partial charge < -0.3 is 49.3 Å². The maximum Gasteiger partial charge on any atom is 0.472 e. The monoisotopic (exact) mass is 1020 g/mol. The van der Waals surface area contributed by atoms with Crippen molar-refractivity contribution in [3.8, 4) is 0 Å². The average molecular weight is 1020 g/mol. The molecule has 0 amide bonds. The lowest BCUT2D eigenvalue weighted by Gasteiger charge is -2.44. The Morgan fingerprint density at radius 3 is 1.24 bits per heavy atom. The molecule has 0 radical (unpaired) electrons. The smallest absolute Gasteiger partial charge is 0.462 e. The molecule has 1 aliphatic carbocycles. The Morgan fingerprint density at radius 2 is 0.821 bits per heavy atom. The highest BCUT2D eigenvalue weighted by Crippen LogP contribution is 2.51. The van der Waals surface area contributed by atoms with Crippen molar-refractivity contribution in [2.45, 2.75) is 236 Å². The fourth-order valence-corrected chi connectivity index (χ4v) is 9.61. The molecular formula is C45H85O19P3. The number of aliphatic hydroxyl groups excluding tert-OH is 3. The minimum Gasteiger partial charge on any atom is -0.462 e. The summed E-state index contributed by atoms with van der Waals surface area (Å²) in [5.74, 6) is -1.31. The molecule has 0 bridgehead atoms. The molecule has 67 heavy (non-hydrogen) atoms. The molecule has 8 atom stereocenters. The third kappa shape index (κ3) is 33.8. The standard InChI is InChI=1S/C45H85O19P3/c1-3-5-7-9-11-13-15-17-19-21-23-25-27-29-31-33-38(46)59-35-37(61-39(47)34-32-30-28-26-24-22-20-18-16-14-12-10-8-6-4-2)36-60-67(57,58)64-43-40(48)41(49)44(62-65(51,52)53)45(42(43)50)63-66(54,55)56/h17-20,37,40-45,48-50H,3-16,21-36H2,1-2H3,(H,57,58)(H2,51,52,53)(H2,54,55,56)/b19-17-,20-18-/t37-,40?,41?,42?,43?,44?,45?/m1/s1. The maximum atomic E-state index is 13.1. The summed E-state index contributed by atoms with van der Waals surface area (Å²) in [5, 5.41) is 31.9. The van der Waals surface area contributed by atoms with E-state index in [1.807, 2.05) is 0 Å². The van der Waals surface area contributed by atoms with Gasteiger partial charge in [-0.15, -0.1) is 0 Å². The van der Waals surface area contributed by atoms with Crippen LogP contribution >= 0.6 is 23.5 Å². The van der Waals surface area contributed by atoms with E-state index in [0.29, 0.717) is 12.8 Å². The Balaban J connectivity index is 2.73. The predicted octanol–water partition coefficient (Wildman–Crippen LogP) is 9.07. The lowest BCUT2D eigenvalue weighted by atomic mass is 9.85. The zero-order valence-electron chi connectivity index (χ0n) is 40.0. The number of unbranched alkanes of at least 4 members (excludes halogenated alkanes) is 22. The summed E-state index contributed by atoms with van der Waals surface area (Å²) in [6, 6.07) is 0. The van der Waals surface area contributed by atoms with Crippen LogP contribution in [0.1, 0.15) is 194 Å². The van der Waals surface area contributed by atoms with Crippen LogP contribution in [0.5, 0.6) is 0 Å². The number of carbonyl (C=O) groups excluding carboxylic acids is 2. The Morgan fingerprint density at radius 1 is 0.463 bits per heavy atom. The minimum absolute atomic E-state index is 0.0119. The zero-order valence-corrected chi connectivity index (χ0v) is 42.7. The van der Waals surface area contributed by atoms with Crippen LogP contribution in [-0.4, -0.2) is 108 Å². The van der Waals surface area contributed by atoms with Crippen molar-refractivity contribution in [3.63, 3.8) is 0 Å². The number of carbonyl (C=O) groups is 2. The molecular weight excluding hydrogens is 937 g/mol. The molecule has 0 saturated heterocycles. The number of esters is 2. The highest BCUT2D eigenvalue weighted by atomic mass is 31.2. The molecule has 0 aromatic carbocycles. The molecule has 0 aromatic rings. The van der Waals surface area contributed by atoms with E-state index in [-0.39, 0.29) is 12.8 Å². The molecule has 0 heterocycles. The van der Waals surface area contributed by atoms with Crippen molar-refractivity contribution in [3.05, 3.63) is 24.3 Å². The largest absolute Gasteiger partial charge is 0.472 e. The number of ether oxygens (including phenoxy) is 2. The molecule has 1 fully saturated rings. The van der Waals surface area contributed by atoms with Crippen molar-refractivity contribution in [2.75, 3.05) is 13.2 Å². The first kappa shape index (κ1) is 63.6. The number of phosphoric acid groups is 3. The van der Waals surface area contributed by atoms with Crippen LogP contribution in [0.2, 0.25) is 0 Å². The zero-order chi connectivity index (χ0) is 50.0. The molecule has 22 heteroatoms. The molecule has 1 rings (SSSR count). The number of phosphoric ester groups is 3. The third-order valence-electron chi connectivity index (χ3n) is 11.2. The minimum atomic E-state index is -5.60. The number of allylic oxidation sites excluding steroid dienone is 4. The van der Waals surface area contributed by atoms with Gasteiger partial charge in [0, 0.05) is 12.8 Å². The SMILES string of the molecule is CCCCCCCC/C=C\CCCCCCCC(=O)OC[C@H](COP(=O)(O)OC1C(O)C(O)C(OP(=O)(O)O)C(OP(=O)(O)O)C1O)OC(=O)CCCCCCC/C=C\CCCCCCCC. The van der Waals surface area contributed by atoms with Crippen LogP contribution in [0.4, 0.5) is 0 Å². The van der Waals surface area contributed by atoms with Crippen LogP contribution in [0.15, 0.2) is 24.3 Å². The van der Waals surface area contributed by atoms with Gasteiger partial charge in [-0.25, -0.2) is 13.7 Å². The fourth-order valence-electron chi connectivity index (χ4n) is 7.51. The van der Waals surface area contributed by atoms with E-state index >= 15 is 0 Å². The van der Waals surface area contributed by atoms with Gasteiger partial charge in [0.25, 0.3) is 0 Å². The third-order valence-corrected chi connectivity index (χ3v) is 13.3. The van der Waals surface area contributed by atoms with Crippen LogP contribution in [0.25, 0.3) is 0 Å². The molecule has 1 aliphatic rings. The first-order valence-corrected chi connectivity index (χ1v) is 29.2. The molecule has 0 spiro atoms. The van der Waals surface area contributed by atoms with Gasteiger partial charge in [-0.1, -0.05) is 141 Å². The Kier molecular flexibility index (Phi) is 35.5. The second-order valence-corrected chi connectivity index (χ2v) is 21.2. The lowest BCUT2D eigenvalue weighted by Crippen LogP contribution is -2.65. The van der Waals surface area contributed by atoms with Gasteiger partial charge in [0.05, 0.1) is 6.61 Å². The van der Waals surface area contributed by atoms with Gasteiger partial charge in [0.2, 0.25) is 0 Å². The molecule has 0 aromatic heterocycles. The second kappa shape index (κ2) is 37.4. The van der Waals surface area contributed by atoms with Crippen LogP contribution in [0.3, 0.4) is 0 Å². The van der Waals surface area contributed by atoms with Gasteiger partial charge in [-0.05, 0) is 64.2 Å². The summed E-state index contributed by atoms with van der Waals surface area (Å²) < 4.78 is 65.5. The van der Waals surface area contributed by atoms with E-state index in [1.54, 1.807) is 0 Å². The second-order valence-electron chi connectivity index (χ2n) is 17.4. The predicted molar refractivity (Wildman–Crippen MR) is 252 cm³/mol. The fraction of sp³-hybridized carbons (Fsp3) is 0.867. The molecule has 7 unspecified atom stereocenters.